The number of carbonyl (C=O) groups excluding carboxylic acids is 2. The maximum atomic E-state index is 12.1. The van der Waals surface area contributed by atoms with Crippen LogP contribution in [-0.4, -0.2) is 29.9 Å². The van der Waals surface area contributed by atoms with E-state index in [1.54, 1.807) is 35.4 Å². The molecule has 3 nitrogen and oxygen atoms in total. The molecule has 0 unspecified atom stereocenters. The minimum Gasteiger partial charge on any atom is -0.382 e. The molecule has 0 spiro atoms. The van der Waals surface area contributed by atoms with Crippen molar-refractivity contribution in [1.29, 1.82) is 0 Å². The summed E-state index contributed by atoms with van der Waals surface area (Å²) < 4.78 is 0. The molecule has 17 heavy (non-hydrogen) atoms. The Bertz CT molecular complexity index is 438. The van der Waals surface area contributed by atoms with E-state index in [-0.39, 0.29) is 10.9 Å². The standard InChI is InChI=1S/C13H15NO2S/c1-10(15)17-12(9-14(2)3)13(16)11-7-5-4-6-8-11/h4-9H,1-3H3. The largest absolute Gasteiger partial charge is 0.382 e. The first-order valence-corrected chi connectivity index (χ1v) is 5.98. The monoisotopic (exact) mass is 249 g/mol. The van der Waals surface area contributed by atoms with Crippen LogP contribution >= 0.6 is 11.8 Å². The van der Waals surface area contributed by atoms with Crippen LogP contribution in [0.3, 0.4) is 0 Å². The molecule has 0 heterocycles. The number of rotatable bonds is 4. The molecule has 0 fully saturated rings. The van der Waals surface area contributed by atoms with Crippen LogP contribution in [0.15, 0.2) is 41.4 Å². The molecule has 0 saturated heterocycles. The van der Waals surface area contributed by atoms with Crippen LogP contribution < -0.4 is 0 Å². The summed E-state index contributed by atoms with van der Waals surface area (Å²) in [5.41, 5.74) is 0.592. The zero-order valence-corrected chi connectivity index (χ0v) is 11.0. The number of nitrogens with zero attached hydrogens (tertiary/aromatic N) is 1. The number of hydrogen-bond donors (Lipinski definition) is 0. The molecule has 0 atom stereocenters. The van der Waals surface area contributed by atoms with Crippen LogP contribution in [0.25, 0.3) is 0 Å². The van der Waals surface area contributed by atoms with Gasteiger partial charge < -0.3 is 4.90 Å². The van der Waals surface area contributed by atoms with Gasteiger partial charge in [-0.25, -0.2) is 0 Å². The Balaban J connectivity index is 2.99. The molecule has 0 N–H and O–H groups in total. The minimum absolute atomic E-state index is 0.0950. The summed E-state index contributed by atoms with van der Waals surface area (Å²) in [4.78, 5) is 25.5. The highest BCUT2D eigenvalue weighted by molar-refractivity contribution is 8.17. The Kier molecular flexibility index (Phi) is 4.97. The third-order valence-electron chi connectivity index (χ3n) is 1.89. The first-order chi connectivity index (χ1) is 8.00. The van der Waals surface area contributed by atoms with Crippen molar-refractivity contribution in [2.45, 2.75) is 6.92 Å². The Labute approximate surface area is 106 Å². The maximum Gasteiger partial charge on any atom is 0.201 e. The number of carbonyl (C=O) groups is 2. The molecular formula is C13H15NO2S. The lowest BCUT2D eigenvalue weighted by Crippen LogP contribution is -2.09. The van der Waals surface area contributed by atoms with Crippen molar-refractivity contribution in [3.05, 3.63) is 47.0 Å². The molecule has 1 rings (SSSR count). The smallest absolute Gasteiger partial charge is 0.201 e. The molecule has 0 aliphatic heterocycles. The Morgan fingerprint density at radius 1 is 1.18 bits per heavy atom. The normalized spacial score (nSPS) is 11.1. The summed E-state index contributed by atoms with van der Waals surface area (Å²) in [5.74, 6) is -0.125. The molecule has 1 aromatic rings. The van der Waals surface area contributed by atoms with E-state index in [2.05, 4.69) is 0 Å². The Morgan fingerprint density at radius 3 is 2.24 bits per heavy atom. The molecule has 0 bridgehead atoms. The fourth-order valence-corrected chi connectivity index (χ4v) is 2.04. The lowest BCUT2D eigenvalue weighted by Gasteiger charge is -2.09. The molecule has 1 aromatic carbocycles. The van der Waals surface area contributed by atoms with Crippen molar-refractivity contribution in [3.8, 4) is 0 Å². The average Bonchev–Trinajstić information content (AvgIpc) is 2.27. The molecule has 0 aliphatic carbocycles. The van der Waals surface area contributed by atoms with Gasteiger partial charge in [0.1, 0.15) is 0 Å². The highest BCUT2D eigenvalue weighted by Gasteiger charge is 2.15. The lowest BCUT2D eigenvalue weighted by molar-refractivity contribution is -0.109. The maximum absolute atomic E-state index is 12.1. The van der Waals surface area contributed by atoms with E-state index in [4.69, 9.17) is 0 Å². The second kappa shape index (κ2) is 6.25. The van der Waals surface area contributed by atoms with Crippen LogP contribution in [0.2, 0.25) is 0 Å². The summed E-state index contributed by atoms with van der Waals surface area (Å²) in [6.07, 6.45) is 1.67. The molecule has 0 saturated carbocycles. The third-order valence-corrected chi connectivity index (χ3v) is 2.69. The van der Waals surface area contributed by atoms with Gasteiger partial charge in [-0.1, -0.05) is 30.3 Å². The quantitative estimate of drug-likeness (QED) is 0.607. The van der Waals surface area contributed by atoms with Gasteiger partial charge in [0.2, 0.25) is 5.78 Å². The van der Waals surface area contributed by atoms with E-state index in [9.17, 15) is 9.59 Å². The summed E-state index contributed by atoms with van der Waals surface area (Å²) in [6, 6.07) is 8.95. The first-order valence-electron chi connectivity index (χ1n) is 5.17. The highest BCUT2D eigenvalue weighted by atomic mass is 32.2. The number of ketones is 1. The Morgan fingerprint density at radius 2 is 1.76 bits per heavy atom. The van der Waals surface area contributed by atoms with Crippen molar-refractivity contribution in [3.63, 3.8) is 0 Å². The topological polar surface area (TPSA) is 37.4 Å². The van der Waals surface area contributed by atoms with Gasteiger partial charge in [-0.3, -0.25) is 9.59 Å². The first kappa shape index (κ1) is 13.5. The van der Waals surface area contributed by atoms with E-state index in [1.807, 2.05) is 20.2 Å². The van der Waals surface area contributed by atoms with Crippen LogP contribution in [0.1, 0.15) is 17.3 Å². The van der Waals surface area contributed by atoms with Gasteiger partial charge >= 0.3 is 0 Å². The average molecular weight is 249 g/mol. The zero-order chi connectivity index (χ0) is 12.8. The third kappa shape index (κ3) is 4.44. The van der Waals surface area contributed by atoms with Crippen LogP contribution in [0.5, 0.6) is 0 Å². The van der Waals surface area contributed by atoms with Gasteiger partial charge in [0.25, 0.3) is 0 Å². The fourth-order valence-electron chi connectivity index (χ4n) is 1.25. The van der Waals surface area contributed by atoms with Crippen molar-refractivity contribution in [2.75, 3.05) is 14.1 Å². The summed E-state index contributed by atoms with van der Waals surface area (Å²) in [7, 11) is 3.64. The predicted octanol–water partition coefficient (Wildman–Crippen LogP) is 2.55. The van der Waals surface area contributed by atoms with Crippen LogP contribution in [0, 0.1) is 0 Å². The zero-order valence-electron chi connectivity index (χ0n) is 10.1. The SMILES string of the molecule is CC(=O)SC(=CN(C)C)C(=O)c1ccccc1. The lowest BCUT2D eigenvalue weighted by atomic mass is 10.1. The number of Topliss-reactive ketones (excluding diaryl/α,β-unsaturated/α-hetero) is 1. The van der Waals surface area contributed by atoms with E-state index < -0.39 is 0 Å². The van der Waals surface area contributed by atoms with Crippen LogP contribution in [-0.2, 0) is 4.79 Å². The molecular weight excluding hydrogens is 234 g/mol. The van der Waals surface area contributed by atoms with E-state index in [1.165, 1.54) is 6.92 Å². The molecule has 0 aliphatic rings. The number of thioether (sulfide) groups is 1. The van der Waals surface area contributed by atoms with Crippen molar-refractivity contribution in [2.24, 2.45) is 0 Å². The van der Waals surface area contributed by atoms with Gasteiger partial charge in [-0.2, -0.15) is 0 Å². The minimum atomic E-state index is -0.125. The van der Waals surface area contributed by atoms with E-state index in [0.29, 0.717) is 10.5 Å². The highest BCUT2D eigenvalue weighted by Crippen LogP contribution is 2.21. The van der Waals surface area contributed by atoms with Gasteiger partial charge in [0.05, 0.1) is 4.91 Å². The van der Waals surface area contributed by atoms with E-state index in [0.717, 1.165) is 11.8 Å². The number of allylic oxidation sites excluding steroid dienone is 1. The molecule has 0 aromatic heterocycles. The number of hydrogen-bond acceptors (Lipinski definition) is 4. The van der Waals surface area contributed by atoms with Gasteiger partial charge in [0.15, 0.2) is 5.12 Å². The van der Waals surface area contributed by atoms with Crippen molar-refractivity contribution >= 4 is 22.7 Å². The van der Waals surface area contributed by atoms with Gasteiger partial charge in [-0.05, 0) is 11.8 Å². The second-order valence-electron chi connectivity index (χ2n) is 3.75. The second-order valence-corrected chi connectivity index (χ2v) is 4.96. The fraction of sp³-hybridized carbons (Fsp3) is 0.231. The number of benzene rings is 1. The molecule has 4 heteroatoms. The molecule has 90 valence electrons. The summed E-state index contributed by atoms with van der Waals surface area (Å²) >= 11 is 0.962. The Hall–Kier alpha value is -1.55. The van der Waals surface area contributed by atoms with Crippen molar-refractivity contribution < 1.29 is 9.59 Å². The van der Waals surface area contributed by atoms with Gasteiger partial charge in [0, 0.05) is 32.8 Å². The van der Waals surface area contributed by atoms with Crippen LogP contribution in [0.4, 0.5) is 0 Å². The predicted molar refractivity (Wildman–Crippen MR) is 70.8 cm³/mol. The van der Waals surface area contributed by atoms with Crippen molar-refractivity contribution in [1.82, 2.24) is 4.90 Å². The molecule has 0 radical (unpaired) electrons. The summed E-state index contributed by atoms with van der Waals surface area (Å²) in [6.45, 7) is 1.45. The summed E-state index contributed by atoms with van der Waals surface area (Å²) in [5, 5.41) is -0.0950. The van der Waals surface area contributed by atoms with E-state index >= 15 is 0 Å². The molecule has 0 amide bonds. The van der Waals surface area contributed by atoms with Gasteiger partial charge in [-0.15, -0.1) is 0 Å².